The van der Waals surface area contributed by atoms with Crippen molar-refractivity contribution in [1.82, 2.24) is 9.88 Å². The zero-order chi connectivity index (χ0) is 20.6. The number of amides is 1. The first-order valence-electron chi connectivity index (χ1n) is 8.83. The van der Waals surface area contributed by atoms with Crippen LogP contribution < -0.4 is 10.4 Å². The van der Waals surface area contributed by atoms with Crippen LogP contribution in [0, 0.1) is 0 Å². The van der Waals surface area contributed by atoms with Crippen molar-refractivity contribution in [3.8, 4) is 5.88 Å². The molecular weight excluding hydrogens is 389 g/mol. The third-order valence-corrected chi connectivity index (χ3v) is 4.65. The monoisotopic (exact) mass is 404 g/mol. The van der Waals surface area contributed by atoms with E-state index in [0.29, 0.717) is 23.9 Å². The number of likely N-dealkylation sites (tertiary alicyclic amines) is 1. The molecular formula is C20H15F3N2O4. The molecule has 1 aromatic carbocycles. The molecule has 0 spiro atoms. The SMILES string of the molecule is O=C(c1cc2ccccc2oc1=O)N1CCC(Oc2cc(C(F)(F)F)ccn2)C1. The Morgan fingerprint density at radius 3 is 2.79 bits per heavy atom. The van der Waals surface area contributed by atoms with Crippen LogP contribution in [0.15, 0.2) is 57.9 Å². The molecule has 1 aliphatic heterocycles. The Labute approximate surface area is 162 Å². The molecule has 1 atom stereocenters. The minimum Gasteiger partial charge on any atom is -0.472 e. The Morgan fingerprint density at radius 2 is 2.00 bits per heavy atom. The summed E-state index contributed by atoms with van der Waals surface area (Å²) in [7, 11) is 0. The summed E-state index contributed by atoms with van der Waals surface area (Å²) in [6.07, 6.45) is -3.59. The number of carbonyl (C=O) groups is 1. The summed E-state index contributed by atoms with van der Waals surface area (Å²) in [6.45, 7) is 0.428. The average molecular weight is 404 g/mol. The molecule has 0 aliphatic carbocycles. The van der Waals surface area contributed by atoms with Crippen molar-refractivity contribution in [2.75, 3.05) is 13.1 Å². The zero-order valence-electron chi connectivity index (χ0n) is 15.0. The molecule has 1 unspecified atom stereocenters. The first-order valence-corrected chi connectivity index (χ1v) is 8.83. The fourth-order valence-corrected chi connectivity index (χ4v) is 3.21. The van der Waals surface area contributed by atoms with E-state index in [1.807, 2.05) is 0 Å². The van der Waals surface area contributed by atoms with Gasteiger partial charge in [-0.1, -0.05) is 18.2 Å². The number of carbonyl (C=O) groups excluding carboxylic acids is 1. The Bertz CT molecular complexity index is 1130. The summed E-state index contributed by atoms with van der Waals surface area (Å²) in [5, 5.41) is 0.621. The smallest absolute Gasteiger partial charge is 0.416 e. The van der Waals surface area contributed by atoms with Crippen molar-refractivity contribution in [3.05, 3.63) is 70.2 Å². The van der Waals surface area contributed by atoms with Gasteiger partial charge in [-0.05, 0) is 18.2 Å². The van der Waals surface area contributed by atoms with Crippen LogP contribution in [0.1, 0.15) is 22.3 Å². The van der Waals surface area contributed by atoms with Crippen LogP contribution in [0.3, 0.4) is 0 Å². The van der Waals surface area contributed by atoms with Gasteiger partial charge in [-0.3, -0.25) is 4.79 Å². The lowest BCUT2D eigenvalue weighted by atomic mass is 10.1. The van der Waals surface area contributed by atoms with Crippen LogP contribution in [0.25, 0.3) is 11.0 Å². The number of pyridine rings is 1. The number of ether oxygens (including phenoxy) is 1. The van der Waals surface area contributed by atoms with Crippen molar-refractivity contribution in [3.63, 3.8) is 0 Å². The van der Waals surface area contributed by atoms with Gasteiger partial charge in [0.15, 0.2) is 0 Å². The fraction of sp³-hybridized carbons (Fsp3) is 0.250. The summed E-state index contributed by atoms with van der Waals surface area (Å²) in [5.41, 5.74) is -1.31. The van der Waals surface area contributed by atoms with Gasteiger partial charge < -0.3 is 14.1 Å². The van der Waals surface area contributed by atoms with E-state index in [0.717, 1.165) is 18.3 Å². The highest BCUT2D eigenvalue weighted by Gasteiger charge is 2.33. The molecule has 2 aromatic heterocycles. The van der Waals surface area contributed by atoms with Gasteiger partial charge in [0.25, 0.3) is 5.91 Å². The second-order valence-electron chi connectivity index (χ2n) is 6.65. The van der Waals surface area contributed by atoms with Crippen molar-refractivity contribution < 1.29 is 27.1 Å². The van der Waals surface area contributed by atoms with Gasteiger partial charge in [-0.2, -0.15) is 13.2 Å². The van der Waals surface area contributed by atoms with Crippen LogP contribution in [0.5, 0.6) is 5.88 Å². The highest BCUT2D eigenvalue weighted by Crippen LogP contribution is 2.31. The number of nitrogens with zero attached hydrogens (tertiary/aromatic N) is 2. The number of rotatable bonds is 3. The minimum atomic E-state index is -4.50. The number of aromatic nitrogens is 1. The molecule has 0 radical (unpaired) electrons. The van der Waals surface area contributed by atoms with Crippen LogP contribution in [0.4, 0.5) is 13.2 Å². The molecule has 1 saturated heterocycles. The maximum Gasteiger partial charge on any atom is 0.416 e. The summed E-state index contributed by atoms with van der Waals surface area (Å²) in [6, 6.07) is 10.00. The third kappa shape index (κ3) is 3.94. The maximum absolute atomic E-state index is 12.8. The molecule has 4 rings (SSSR count). The number of hydrogen-bond acceptors (Lipinski definition) is 5. The highest BCUT2D eigenvalue weighted by atomic mass is 19.4. The Balaban J connectivity index is 1.48. The second-order valence-corrected chi connectivity index (χ2v) is 6.65. The van der Waals surface area contributed by atoms with Gasteiger partial charge in [-0.25, -0.2) is 9.78 Å². The van der Waals surface area contributed by atoms with Crippen molar-refractivity contribution in [2.45, 2.75) is 18.7 Å². The lowest BCUT2D eigenvalue weighted by molar-refractivity contribution is -0.137. The van der Waals surface area contributed by atoms with Crippen LogP contribution >= 0.6 is 0 Å². The van der Waals surface area contributed by atoms with E-state index in [9.17, 15) is 22.8 Å². The van der Waals surface area contributed by atoms with Gasteiger partial charge in [0, 0.05) is 30.6 Å². The quantitative estimate of drug-likeness (QED) is 0.625. The lowest BCUT2D eigenvalue weighted by Crippen LogP contribution is -2.33. The van der Waals surface area contributed by atoms with E-state index in [4.69, 9.17) is 9.15 Å². The molecule has 1 aliphatic rings. The van der Waals surface area contributed by atoms with Crippen LogP contribution in [0.2, 0.25) is 0 Å². The molecule has 1 fully saturated rings. The number of halogens is 3. The first-order chi connectivity index (χ1) is 13.8. The van der Waals surface area contributed by atoms with E-state index in [1.165, 1.54) is 11.0 Å². The molecule has 150 valence electrons. The number of fused-ring (bicyclic) bond motifs is 1. The van der Waals surface area contributed by atoms with Gasteiger partial charge in [0.05, 0.1) is 12.1 Å². The standard InChI is InChI=1S/C20H15F3N2O4/c21-20(22,23)13-5-7-24-17(10-13)28-14-6-8-25(11-14)18(26)15-9-12-3-1-2-4-16(12)29-19(15)27/h1-5,7,9-10,14H,6,8,11H2. The molecule has 0 bridgehead atoms. The molecule has 0 N–H and O–H groups in total. The number of benzene rings is 1. The van der Waals surface area contributed by atoms with Gasteiger partial charge in [-0.15, -0.1) is 0 Å². The van der Waals surface area contributed by atoms with E-state index in [-0.39, 0.29) is 18.0 Å². The van der Waals surface area contributed by atoms with Crippen molar-refractivity contribution in [1.29, 1.82) is 0 Å². The van der Waals surface area contributed by atoms with E-state index >= 15 is 0 Å². The zero-order valence-corrected chi connectivity index (χ0v) is 15.0. The fourth-order valence-electron chi connectivity index (χ4n) is 3.21. The Kier molecular flexibility index (Phi) is 4.73. The van der Waals surface area contributed by atoms with Gasteiger partial charge in [0.2, 0.25) is 5.88 Å². The highest BCUT2D eigenvalue weighted by molar-refractivity contribution is 5.96. The number of para-hydroxylation sites is 1. The number of alkyl halides is 3. The minimum absolute atomic E-state index is 0.0958. The molecule has 29 heavy (non-hydrogen) atoms. The second kappa shape index (κ2) is 7.23. The Morgan fingerprint density at radius 1 is 1.21 bits per heavy atom. The summed E-state index contributed by atoms with van der Waals surface area (Å²) >= 11 is 0. The summed E-state index contributed by atoms with van der Waals surface area (Å²) in [4.78, 5) is 30.1. The molecule has 0 saturated carbocycles. The van der Waals surface area contributed by atoms with Crippen molar-refractivity contribution in [2.24, 2.45) is 0 Å². The molecule has 3 heterocycles. The third-order valence-electron chi connectivity index (χ3n) is 4.65. The molecule has 3 aromatic rings. The predicted molar refractivity (Wildman–Crippen MR) is 96.7 cm³/mol. The average Bonchev–Trinajstić information content (AvgIpc) is 3.15. The maximum atomic E-state index is 12.8. The van der Waals surface area contributed by atoms with Crippen molar-refractivity contribution >= 4 is 16.9 Å². The molecule has 6 nitrogen and oxygen atoms in total. The largest absolute Gasteiger partial charge is 0.472 e. The Hall–Kier alpha value is -3.36. The topological polar surface area (TPSA) is 72.6 Å². The van der Waals surface area contributed by atoms with Crippen LogP contribution in [-0.2, 0) is 6.18 Å². The first kappa shape index (κ1) is 19.0. The molecule has 9 heteroatoms. The number of hydrogen-bond donors (Lipinski definition) is 0. The lowest BCUT2D eigenvalue weighted by Gasteiger charge is -2.17. The summed E-state index contributed by atoms with van der Waals surface area (Å²) < 4.78 is 49.1. The molecule has 1 amide bonds. The van der Waals surface area contributed by atoms with E-state index in [1.54, 1.807) is 24.3 Å². The van der Waals surface area contributed by atoms with E-state index in [2.05, 4.69) is 4.98 Å². The van der Waals surface area contributed by atoms with Gasteiger partial charge >= 0.3 is 11.8 Å². The van der Waals surface area contributed by atoms with E-state index < -0.39 is 29.4 Å². The summed E-state index contributed by atoms with van der Waals surface area (Å²) in [5.74, 6) is -0.669. The van der Waals surface area contributed by atoms with Crippen LogP contribution in [-0.4, -0.2) is 35.0 Å². The normalized spacial score (nSPS) is 16.9. The predicted octanol–water partition coefficient (Wildman–Crippen LogP) is 3.50. The van der Waals surface area contributed by atoms with Gasteiger partial charge in [0.1, 0.15) is 17.3 Å².